The van der Waals surface area contributed by atoms with Gasteiger partial charge in [-0.1, -0.05) is 0 Å². The molecule has 1 saturated heterocycles. The average Bonchev–Trinajstić information content (AvgIpc) is 2.37. The van der Waals surface area contributed by atoms with Gasteiger partial charge in [-0.05, 0) is 0 Å². The molecule has 0 aromatic rings. The largest absolute Gasteiger partial charge is 0.394 e. The van der Waals surface area contributed by atoms with Gasteiger partial charge in [-0.3, -0.25) is 0 Å². The topological polar surface area (TPSA) is 152 Å². The van der Waals surface area contributed by atoms with Crippen molar-refractivity contribution in [3.8, 4) is 0 Å². The quantitative estimate of drug-likeness (QED) is 0.271. The Hall–Kier alpha value is -1.33. The molecular weight excluding hydrogens is 250 g/mol. The van der Waals surface area contributed by atoms with Crippen molar-refractivity contribution >= 4 is 6.03 Å². The number of aliphatic hydroxyl groups excluding tert-OH is 4. The molecule has 0 bridgehead atoms. The van der Waals surface area contributed by atoms with E-state index in [1.54, 1.807) is 0 Å². The summed E-state index contributed by atoms with van der Waals surface area (Å²) in [5, 5.41) is 42.4. The first-order valence-electron chi connectivity index (χ1n) is 5.10. The van der Waals surface area contributed by atoms with E-state index in [-0.39, 0.29) is 0 Å². The summed E-state index contributed by atoms with van der Waals surface area (Å²) in [6.45, 7) is -0.605. The summed E-state index contributed by atoms with van der Waals surface area (Å²) in [7, 11) is 1.07. The molecule has 0 saturated carbocycles. The molecule has 2 unspecified atom stereocenters. The lowest BCUT2D eigenvalue weighted by atomic mass is 9.97. The second-order valence-electron chi connectivity index (χ2n) is 3.81. The van der Waals surface area contributed by atoms with E-state index in [1.807, 2.05) is 0 Å². The van der Waals surface area contributed by atoms with E-state index in [2.05, 4.69) is 10.6 Å². The van der Waals surface area contributed by atoms with Crippen molar-refractivity contribution in [3.63, 3.8) is 0 Å². The summed E-state index contributed by atoms with van der Waals surface area (Å²) in [5.41, 5.74) is 0. The molecule has 5 atom stereocenters. The van der Waals surface area contributed by atoms with Crippen LogP contribution in [-0.2, 0) is 4.74 Å². The Bertz CT molecular complexity index is 315. The molecule has 10 nitrogen and oxygen atoms in total. The zero-order chi connectivity index (χ0) is 13.9. The maximum Gasteiger partial charge on any atom is 0.340 e. The van der Waals surface area contributed by atoms with Gasteiger partial charge in [-0.15, -0.1) is 4.91 Å². The highest BCUT2D eigenvalue weighted by atomic mass is 16.6. The lowest BCUT2D eigenvalue weighted by Gasteiger charge is -2.40. The molecule has 0 spiro atoms. The predicted octanol–water partition coefficient (Wildman–Crippen LogP) is -2.89. The van der Waals surface area contributed by atoms with Crippen LogP contribution in [0, 0.1) is 4.91 Å². The summed E-state index contributed by atoms with van der Waals surface area (Å²) in [6.07, 6.45) is -5.84. The van der Waals surface area contributed by atoms with E-state index in [1.165, 1.54) is 0 Å². The number of nitroso groups, excluding NO2 is 1. The van der Waals surface area contributed by atoms with Crippen LogP contribution in [0.2, 0.25) is 0 Å². The van der Waals surface area contributed by atoms with Crippen molar-refractivity contribution in [2.24, 2.45) is 5.29 Å². The van der Waals surface area contributed by atoms with Crippen molar-refractivity contribution in [1.82, 2.24) is 10.3 Å². The highest BCUT2D eigenvalue weighted by Gasteiger charge is 2.44. The van der Waals surface area contributed by atoms with Crippen LogP contribution in [0.25, 0.3) is 0 Å². The molecule has 0 aromatic heterocycles. The monoisotopic (exact) mass is 265 g/mol. The number of nitrogens with one attached hydrogen (secondary N) is 1. The van der Waals surface area contributed by atoms with Crippen molar-refractivity contribution in [3.05, 3.63) is 4.91 Å². The van der Waals surface area contributed by atoms with Gasteiger partial charge in [0.1, 0.15) is 24.4 Å². The van der Waals surface area contributed by atoms with Crippen molar-refractivity contribution in [2.75, 3.05) is 13.7 Å². The van der Waals surface area contributed by atoms with Crippen LogP contribution in [0.4, 0.5) is 4.79 Å². The number of amides is 2. The third kappa shape index (κ3) is 2.91. The van der Waals surface area contributed by atoms with Crippen LogP contribution in [0.1, 0.15) is 0 Å². The lowest BCUT2D eigenvalue weighted by molar-refractivity contribution is -0.252. The number of hydrogen-bond acceptors (Lipinski definition) is 8. The van der Waals surface area contributed by atoms with Crippen molar-refractivity contribution < 1.29 is 30.0 Å². The fraction of sp³-hybridized carbons (Fsp3) is 0.875. The van der Waals surface area contributed by atoms with Gasteiger partial charge in [0.2, 0.25) is 0 Å². The first-order valence-corrected chi connectivity index (χ1v) is 5.10. The fourth-order valence-electron chi connectivity index (χ4n) is 1.53. The lowest BCUT2D eigenvalue weighted by Crippen LogP contribution is -2.64. The number of carbonyl (C=O) groups is 1. The molecule has 1 heterocycles. The van der Waals surface area contributed by atoms with Gasteiger partial charge >= 0.3 is 6.03 Å². The second-order valence-corrected chi connectivity index (χ2v) is 3.81. The molecule has 5 N–H and O–H groups in total. The minimum atomic E-state index is -1.63. The molecule has 1 aliphatic rings. The van der Waals surface area contributed by atoms with Crippen LogP contribution in [0.15, 0.2) is 5.29 Å². The average molecular weight is 265 g/mol. The normalized spacial score (nSPS) is 35.9. The van der Waals surface area contributed by atoms with Gasteiger partial charge in [0.25, 0.3) is 0 Å². The fourth-order valence-corrected chi connectivity index (χ4v) is 1.53. The van der Waals surface area contributed by atoms with Crippen LogP contribution in [0.5, 0.6) is 0 Å². The minimum absolute atomic E-state index is 0.407. The summed E-state index contributed by atoms with van der Waals surface area (Å²) < 4.78 is 4.80. The molecule has 104 valence electrons. The van der Waals surface area contributed by atoms with E-state index in [9.17, 15) is 25.0 Å². The second kappa shape index (κ2) is 6.02. The van der Waals surface area contributed by atoms with Gasteiger partial charge in [-0.2, -0.15) is 5.01 Å². The zero-order valence-corrected chi connectivity index (χ0v) is 9.50. The Morgan fingerprint density at radius 2 is 2.00 bits per heavy atom. The molecule has 0 radical (unpaired) electrons. The van der Waals surface area contributed by atoms with Gasteiger partial charge < -0.3 is 30.5 Å². The van der Waals surface area contributed by atoms with E-state index >= 15 is 0 Å². The van der Waals surface area contributed by atoms with Gasteiger partial charge in [-0.25, -0.2) is 4.79 Å². The van der Waals surface area contributed by atoms with Crippen LogP contribution >= 0.6 is 0 Å². The number of nitrogens with zero attached hydrogens (tertiary/aromatic N) is 2. The minimum Gasteiger partial charge on any atom is -0.394 e. The number of urea groups is 1. The summed E-state index contributed by atoms with van der Waals surface area (Å²) in [6, 6.07) is -2.33. The maximum atomic E-state index is 11.3. The SMILES string of the molecule is CN(N=O)C(=O)NC1C(O)O[C@H](CO)[C@@H](O)[C@@H]1O. The first kappa shape index (κ1) is 14.7. The Morgan fingerprint density at radius 1 is 1.39 bits per heavy atom. The van der Waals surface area contributed by atoms with Gasteiger partial charge in [0.05, 0.1) is 11.9 Å². The molecule has 1 aliphatic heterocycles. The van der Waals surface area contributed by atoms with Gasteiger partial charge in [0.15, 0.2) is 6.29 Å². The molecule has 2 amide bonds. The van der Waals surface area contributed by atoms with E-state index in [0.717, 1.165) is 7.05 Å². The highest BCUT2D eigenvalue weighted by molar-refractivity contribution is 5.73. The molecule has 1 rings (SSSR count). The molecular formula is C8H15N3O7. The molecule has 18 heavy (non-hydrogen) atoms. The van der Waals surface area contributed by atoms with Crippen LogP contribution in [-0.4, -0.2) is 75.8 Å². The summed E-state index contributed by atoms with van der Waals surface area (Å²) in [5.74, 6) is 0. The summed E-state index contributed by atoms with van der Waals surface area (Å²) >= 11 is 0. The van der Waals surface area contributed by atoms with E-state index < -0.39 is 43.3 Å². The Balaban J connectivity index is 2.71. The number of ether oxygens (including phenoxy) is 1. The third-order valence-electron chi connectivity index (χ3n) is 2.61. The standard InChI is InChI=1S/C8H15N3O7/c1-11(10-17)8(16)9-4-6(14)5(13)3(2-12)18-7(4)15/h3-7,12-15H,2H2,1H3,(H,9,16)/t3-,4?,5-,6-,7?/m1/s1. The number of aliphatic hydroxyl groups is 4. The third-order valence-corrected chi connectivity index (χ3v) is 2.61. The maximum absolute atomic E-state index is 11.3. The first-order chi connectivity index (χ1) is 8.42. The van der Waals surface area contributed by atoms with E-state index in [4.69, 9.17) is 9.84 Å². The number of hydrogen-bond donors (Lipinski definition) is 5. The van der Waals surface area contributed by atoms with Crippen LogP contribution < -0.4 is 5.32 Å². The van der Waals surface area contributed by atoms with Crippen LogP contribution in [0.3, 0.4) is 0 Å². The molecule has 0 aromatic carbocycles. The summed E-state index contributed by atoms with van der Waals surface area (Å²) in [4.78, 5) is 21.4. The Morgan fingerprint density at radius 3 is 2.50 bits per heavy atom. The Kier molecular flexibility index (Phi) is 4.93. The predicted molar refractivity (Wildman–Crippen MR) is 55.9 cm³/mol. The van der Waals surface area contributed by atoms with Crippen molar-refractivity contribution in [1.29, 1.82) is 0 Å². The zero-order valence-electron chi connectivity index (χ0n) is 9.50. The van der Waals surface area contributed by atoms with E-state index in [0.29, 0.717) is 5.01 Å². The molecule has 10 heteroatoms. The molecule has 1 fully saturated rings. The Labute approximate surface area is 102 Å². The number of carbonyl (C=O) groups excluding carboxylic acids is 1. The number of rotatable bonds is 3. The smallest absolute Gasteiger partial charge is 0.340 e. The van der Waals surface area contributed by atoms with Gasteiger partial charge in [0, 0.05) is 7.05 Å². The van der Waals surface area contributed by atoms with Crippen molar-refractivity contribution in [2.45, 2.75) is 30.6 Å². The highest BCUT2D eigenvalue weighted by Crippen LogP contribution is 2.19. The molecule has 0 aliphatic carbocycles.